The molecule has 1 aromatic heterocycles. The third kappa shape index (κ3) is 1.52. The molecule has 0 aliphatic rings. The Kier molecular flexibility index (Phi) is 2.15. The van der Waals surface area contributed by atoms with Gasteiger partial charge in [0.1, 0.15) is 0 Å². The van der Waals surface area contributed by atoms with Crippen molar-refractivity contribution in [3.05, 3.63) is 28.2 Å². The van der Waals surface area contributed by atoms with Gasteiger partial charge in [-0.05, 0) is 6.92 Å². The van der Waals surface area contributed by atoms with Gasteiger partial charge in [-0.15, -0.1) is 0 Å². The van der Waals surface area contributed by atoms with Gasteiger partial charge in [0, 0.05) is 18.2 Å². The van der Waals surface area contributed by atoms with Crippen molar-refractivity contribution in [2.75, 3.05) is 0 Å². The van der Waals surface area contributed by atoms with Crippen LogP contribution in [0.1, 0.15) is 17.3 Å². The summed E-state index contributed by atoms with van der Waals surface area (Å²) in [5, 5.41) is 3.74. The van der Waals surface area contributed by atoms with Crippen LogP contribution in [0.15, 0.2) is 17.1 Å². The number of hydrogen-bond acceptors (Lipinski definition) is 3. The van der Waals surface area contributed by atoms with Crippen molar-refractivity contribution >= 4 is 6.29 Å². The first-order chi connectivity index (χ1) is 5.27. The molecule has 0 aliphatic carbocycles. The summed E-state index contributed by atoms with van der Waals surface area (Å²) in [6, 6.07) is 1.27. The van der Waals surface area contributed by atoms with E-state index < -0.39 is 0 Å². The zero-order chi connectivity index (χ0) is 8.27. The van der Waals surface area contributed by atoms with E-state index in [1.54, 1.807) is 0 Å². The number of hydrogen-bond donors (Lipinski definition) is 0. The number of aromatic nitrogens is 2. The van der Waals surface area contributed by atoms with Crippen LogP contribution in [0.5, 0.6) is 0 Å². The summed E-state index contributed by atoms with van der Waals surface area (Å²) in [5.41, 5.74) is 0.0804. The minimum absolute atomic E-state index is 0.239. The Morgan fingerprint density at radius 3 is 2.91 bits per heavy atom. The summed E-state index contributed by atoms with van der Waals surface area (Å²) in [6.07, 6.45) is 1.98. The van der Waals surface area contributed by atoms with Crippen LogP contribution >= 0.6 is 0 Å². The molecule has 4 nitrogen and oxygen atoms in total. The Morgan fingerprint density at radius 2 is 2.45 bits per heavy atom. The van der Waals surface area contributed by atoms with Gasteiger partial charge in [0.05, 0.1) is 6.20 Å². The highest BCUT2D eigenvalue weighted by Crippen LogP contribution is 1.84. The molecule has 0 radical (unpaired) electrons. The van der Waals surface area contributed by atoms with Crippen LogP contribution in [0.4, 0.5) is 0 Å². The minimum Gasteiger partial charge on any atom is -0.298 e. The second-order valence-electron chi connectivity index (χ2n) is 2.06. The molecule has 0 amide bonds. The second-order valence-corrected chi connectivity index (χ2v) is 2.06. The van der Waals surface area contributed by atoms with Crippen LogP contribution in [0, 0.1) is 0 Å². The van der Waals surface area contributed by atoms with E-state index in [0.29, 0.717) is 18.4 Å². The van der Waals surface area contributed by atoms with E-state index in [1.165, 1.54) is 16.9 Å². The maximum Gasteiger partial charge on any atom is 0.267 e. The molecule has 0 atom stereocenters. The minimum atomic E-state index is -0.239. The predicted octanol–water partition coefficient (Wildman–Crippen LogP) is 0.0757. The zero-order valence-corrected chi connectivity index (χ0v) is 6.15. The fourth-order valence-electron chi connectivity index (χ4n) is 0.750. The van der Waals surface area contributed by atoms with Gasteiger partial charge in [-0.25, -0.2) is 4.68 Å². The molecular formula is C7H8N2O2. The second kappa shape index (κ2) is 3.09. The Morgan fingerprint density at radius 1 is 1.73 bits per heavy atom. The van der Waals surface area contributed by atoms with Gasteiger partial charge in [-0.1, -0.05) is 0 Å². The van der Waals surface area contributed by atoms with E-state index in [2.05, 4.69) is 5.10 Å². The first-order valence-corrected chi connectivity index (χ1v) is 3.30. The third-order valence-corrected chi connectivity index (χ3v) is 1.33. The molecule has 0 aromatic carbocycles. The lowest BCUT2D eigenvalue weighted by Gasteiger charge is -1.97. The molecule has 0 saturated heterocycles. The maximum atomic E-state index is 11.0. The molecule has 0 N–H and O–H groups in total. The molecule has 0 bridgehead atoms. The lowest BCUT2D eigenvalue weighted by molar-refractivity contribution is 0.112. The van der Waals surface area contributed by atoms with Crippen LogP contribution < -0.4 is 5.56 Å². The number of carbonyl (C=O) groups excluding carboxylic acids is 1. The summed E-state index contributed by atoms with van der Waals surface area (Å²) in [7, 11) is 0. The maximum absolute atomic E-state index is 11.0. The largest absolute Gasteiger partial charge is 0.298 e. The Hall–Kier alpha value is -1.45. The molecule has 0 fully saturated rings. The third-order valence-electron chi connectivity index (χ3n) is 1.33. The number of carbonyl (C=O) groups is 1. The number of aryl methyl sites for hydroxylation is 1. The van der Waals surface area contributed by atoms with E-state index in [4.69, 9.17) is 0 Å². The van der Waals surface area contributed by atoms with Crippen molar-refractivity contribution in [3.63, 3.8) is 0 Å². The molecule has 58 valence electrons. The fourth-order valence-corrected chi connectivity index (χ4v) is 0.750. The predicted molar refractivity (Wildman–Crippen MR) is 39.6 cm³/mol. The van der Waals surface area contributed by atoms with Crippen molar-refractivity contribution in [3.8, 4) is 0 Å². The molecule has 1 heterocycles. The average molecular weight is 152 g/mol. The molecule has 0 spiro atoms. The van der Waals surface area contributed by atoms with Crippen LogP contribution in [0.3, 0.4) is 0 Å². The van der Waals surface area contributed by atoms with Gasteiger partial charge >= 0.3 is 0 Å². The van der Waals surface area contributed by atoms with Gasteiger partial charge in [0.15, 0.2) is 6.29 Å². The molecule has 0 saturated carbocycles. The van der Waals surface area contributed by atoms with Crippen LogP contribution in [-0.2, 0) is 6.54 Å². The first-order valence-electron chi connectivity index (χ1n) is 3.30. The Bertz CT molecular complexity index is 316. The van der Waals surface area contributed by atoms with Crippen molar-refractivity contribution in [1.82, 2.24) is 9.78 Å². The summed E-state index contributed by atoms with van der Waals surface area (Å²) in [4.78, 5) is 21.1. The van der Waals surface area contributed by atoms with Gasteiger partial charge in [-0.2, -0.15) is 5.10 Å². The smallest absolute Gasteiger partial charge is 0.267 e. The van der Waals surface area contributed by atoms with Crippen molar-refractivity contribution in [1.29, 1.82) is 0 Å². The summed E-state index contributed by atoms with van der Waals surface area (Å²) in [6.45, 7) is 2.34. The van der Waals surface area contributed by atoms with E-state index in [-0.39, 0.29) is 5.56 Å². The lowest BCUT2D eigenvalue weighted by Crippen LogP contribution is -2.21. The highest BCUT2D eigenvalue weighted by atomic mass is 16.1. The zero-order valence-electron chi connectivity index (χ0n) is 6.15. The van der Waals surface area contributed by atoms with E-state index in [0.717, 1.165) is 0 Å². The highest BCUT2D eigenvalue weighted by molar-refractivity contribution is 5.73. The Labute approximate surface area is 63.5 Å². The van der Waals surface area contributed by atoms with Gasteiger partial charge < -0.3 is 0 Å². The molecule has 1 aromatic rings. The number of nitrogens with zero attached hydrogens (tertiary/aromatic N) is 2. The number of rotatable bonds is 2. The molecule has 4 heteroatoms. The Balaban J connectivity index is 3.20. The topological polar surface area (TPSA) is 52.0 Å². The SMILES string of the molecule is CCn1ncc(C=O)cc1=O. The van der Waals surface area contributed by atoms with Crippen molar-refractivity contribution in [2.45, 2.75) is 13.5 Å². The lowest BCUT2D eigenvalue weighted by atomic mass is 10.3. The molecule has 0 aliphatic heterocycles. The molecule has 0 unspecified atom stereocenters. The quantitative estimate of drug-likeness (QED) is 0.564. The van der Waals surface area contributed by atoms with Crippen LogP contribution in [-0.4, -0.2) is 16.1 Å². The molecule has 11 heavy (non-hydrogen) atoms. The van der Waals surface area contributed by atoms with E-state index in [1.807, 2.05) is 6.92 Å². The van der Waals surface area contributed by atoms with E-state index >= 15 is 0 Å². The normalized spacial score (nSPS) is 9.55. The highest BCUT2D eigenvalue weighted by Gasteiger charge is 1.95. The fraction of sp³-hybridized carbons (Fsp3) is 0.286. The number of aldehydes is 1. The van der Waals surface area contributed by atoms with E-state index in [9.17, 15) is 9.59 Å². The molecular weight excluding hydrogens is 144 g/mol. The first kappa shape index (κ1) is 7.65. The summed E-state index contributed by atoms with van der Waals surface area (Å²) in [5.74, 6) is 0. The van der Waals surface area contributed by atoms with Crippen LogP contribution in [0.2, 0.25) is 0 Å². The van der Waals surface area contributed by atoms with Crippen molar-refractivity contribution < 1.29 is 4.79 Å². The van der Waals surface area contributed by atoms with Gasteiger partial charge in [0.25, 0.3) is 5.56 Å². The van der Waals surface area contributed by atoms with Gasteiger partial charge in [0.2, 0.25) is 0 Å². The van der Waals surface area contributed by atoms with Crippen molar-refractivity contribution in [2.24, 2.45) is 0 Å². The van der Waals surface area contributed by atoms with Crippen LogP contribution in [0.25, 0.3) is 0 Å². The van der Waals surface area contributed by atoms with Gasteiger partial charge in [-0.3, -0.25) is 9.59 Å². The standard InChI is InChI=1S/C7H8N2O2/c1-2-9-7(11)3-6(5-10)4-8-9/h3-5H,2H2,1H3. The molecule has 1 rings (SSSR count). The average Bonchev–Trinajstić information content (AvgIpc) is 2.04. The monoisotopic (exact) mass is 152 g/mol. The summed E-state index contributed by atoms with van der Waals surface area (Å²) >= 11 is 0. The summed E-state index contributed by atoms with van der Waals surface area (Å²) < 4.78 is 1.28.